The molecule has 0 spiro atoms. The van der Waals surface area contributed by atoms with Crippen LogP contribution in [0.3, 0.4) is 0 Å². The molecular formula is C38H45N3O8. The van der Waals surface area contributed by atoms with E-state index in [4.69, 9.17) is 14.2 Å². The Kier molecular flexibility index (Phi) is 10.8. The predicted molar refractivity (Wildman–Crippen MR) is 185 cm³/mol. The number of methoxy groups -OCH3 is 1. The standard InChI is InChI=1S/C38H45N3O8/c1-47-28-10-8-26(9-11-28)38(46,37(45)49-34-24-41-19-16-25(34)17-20-41)27-6-5-7-29(22-27)48-21-4-2-3-18-39-23-33(43)30-12-14-32(42)36-31(30)13-15-35(44)40-36/h5-15,22,25,33-34,39,42-43,46H,2-4,16-21,23-24H2,1H3,(H,40,44)/t33-,34-,38?/m0/s1. The smallest absolute Gasteiger partial charge is 0.348 e. The molecule has 3 aliphatic rings. The maximum absolute atomic E-state index is 13.9. The molecule has 2 bridgehead atoms. The number of hydrogen-bond donors (Lipinski definition) is 5. The number of carbonyl (C=O) groups excluding carboxylic acids is 1. The van der Waals surface area contributed by atoms with Crippen molar-refractivity contribution in [3.05, 3.63) is 99.8 Å². The average molecular weight is 672 g/mol. The number of piperidine rings is 3. The summed E-state index contributed by atoms with van der Waals surface area (Å²) in [5.41, 5.74) is -0.654. The number of aromatic hydroxyl groups is 1. The summed E-state index contributed by atoms with van der Waals surface area (Å²) in [4.78, 5) is 30.5. The van der Waals surface area contributed by atoms with E-state index in [1.807, 2.05) is 6.07 Å². The van der Waals surface area contributed by atoms with E-state index in [1.165, 1.54) is 12.1 Å². The van der Waals surface area contributed by atoms with E-state index in [-0.39, 0.29) is 17.4 Å². The van der Waals surface area contributed by atoms with Gasteiger partial charge in [-0.05, 0) is 105 Å². The highest BCUT2D eigenvalue weighted by molar-refractivity contribution is 5.87. The summed E-state index contributed by atoms with van der Waals surface area (Å²) in [6.07, 6.45) is 3.44. The summed E-state index contributed by atoms with van der Waals surface area (Å²) < 4.78 is 17.4. The largest absolute Gasteiger partial charge is 0.506 e. The molecule has 4 aromatic rings. The van der Waals surface area contributed by atoms with E-state index in [1.54, 1.807) is 61.7 Å². The first-order chi connectivity index (χ1) is 23.8. The lowest BCUT2D eigenvalue weighted by Crippen LogP contribution is -2.53. The van der Waals surface area contributed by atoms with Gasteiger partial charge in [-0.1, -0.05) is 30.3 Å². The van der Waals surface area contributed by atoms with Gasteiger partial charge in [0.1, 0.15) is 23.4 Å². The number of carbonyl (C=O) groups is 1. The van der Waals surface area contributed by atoms with E-state index >= 15 is 0 Å². The fourth-order valence-electron chi connectivity index (χ4n) is 6.93. The van der Waals surface area contributed by atoms with Gasteiger partial charge in [0, 0.05) is 30.1 Å². The lowest BCUT2D eigenvalue weighted by molar-refractivity contribution is -0.177. The Labute approximate surface area is 285 Å². The van der Waals surface area contributed by atoms with E-state index in [0.717, 1.165) is 45.2 Å². The Bertz CT molecular complexity index is 1790. The van der Waals surface area contributed by atoms with Crippen LogP contribution in [0.4, 0.5) is 0 Å². The number of rotatable bonds is 15. The zero-order chi connectivity index (χ0) is 34.4. The molecule has 4 heterocycles. The normalized spacial score (nSPS) is 20.4. The number of nitrogens with zero attached hydrogens (tertiary/aromatic N) is 1. The van der Waals surface area contributed by atoms with Crippen LogP contribution in [0, 0.1) is 5.92 Å². The van der Waals surface area contributed by atoms with Crippen molar-refractivity contribution in [2.24, 2.45) is 5.92 Å². The van der Waals surface area contributed by atoms with Crippen molar-refractivity contribution < 1.29 is 34.3 Å². The van der Waals surface area contributed by atoms with E-state index in [0.29, 0.717) is 71.3 Å². The van der Waals surface area contributed by atoms with Crippen LogP contribution >= 0.6 is 0 Å². The predicted octanol–water partition coefficient (Wildman–Crippen LogP) is 3.99. The number of H-pyrrole nitrogens is 1. The first kappa shape index (κ1) is 34.4. The van der Waals surface area contributed by atoms with Crippen LogP contribution < -0.4 is 20.3 Å². The fraction of sp³-hybridized carbons (Fsp3) is 0.421. The highest BCUT2D eigenvalue weighted by atomic mass is 16.6. The molecule has 1 unspecified atom stereocenters. The molecule has 3 fully saturated rings. The number of esters is 1. The Morgan fingerprint density at radius 2 is 1.80 bits per heavy atom. The Morgan fingerprint density at radius 3 is 2.53 bits per heavy atom. The molecule has 3 saturated heterocycles. The van der Waals surface area contributed by atoms with Crippen molar-refractivity contribution in [2.45, 2.75) is 49.9 Å². The van der Waals surface area contributed by atoms with Gasteiger partial charge in [-0.15, -0.1) is 0 Å². The van der Waals surface area contributed by atoms with Crippen molar-refractivity contribution in [1.29, 1.82) is 0 Å². The molecule has 5 N–H and O–H groups in total. The molecule has 260 valence electrons. The number of hydrogen-bond acceptors (Lipinski definition) is 10. The lowest BCUT2D eigenvalue weighted by Gasteiger charge is -2.44. The highest BCUT2D eigenvalue weighted by Crippen LogP contribution is 2.37. The van der Waals surface area contributed by atoms with Crippen molar-refractivity contribution in [2.75, 3.05) is 46.4 Å². The van der Waals surface area contributed by atoms with Crippen molar-refractivity contribution in [1.82, 2.24) is 15.2 Å². The molecule has 3 aliphatic heterocycles. The van der Waals surface area contributed by atoms with Crippen LogP contribution in [0.1, 0.15) is 54.9 Å². The molecule has 11 nitrogen and oxygen atoms in total. The fourth-order valence-corrected chi connectivity index (χ4v) is 6.93. The molecular weight excluding hydrogens is 626 g/mol. The highest BCUT2D eigenvalue weighted by Gasteiger charge is 2.45. The van der Waals surface area contributed by atoms with Gasteiger partial charge in [-0.25, -0.2) is 4.79 Å². The monoisotopic (exact) mass is 671 g/mol. The number of aromatic nitrogens is 1. The van der Waals surface area contributed by atoms with E-state index in [9.17, 15) is 24.9 Å². The van der Waals surface area contributed by atoms with Crippen molar-refractivity contribution in [3.8, 4) is 17.2 Å². The van der Waals surface area contributed by atoms with Gasteiger partial charge in [-0.3, -0.25) is 9.69 Å². The van der Waals surface area contributed by atoms with Gasteiger partial charge >= 0.3 is 5.97 Å². The van der Waals surface area contributed by atoms with E-state index < -0.39 is 17.7 Å². The minimum absolute atomic E-state index is 0.0411. The number of phenolic OH excluding ortho intramolecular Hbond substituents is 1. The summed E-state index contributed by atoms with van der Waals surface area (Å²) in [5, 5.41) is 36.9. The number of aliphatic hydroxyl groups is 2. The molecule has 0 amide bonds. The molecule has 49 heavy (non-hydrogen) atoms. The molecule has 0 saturated carbocycles. The summed E-state index contributed by atoms with van der Waals surface area (Å²) in [6.45, 7) is 4.19. The van der Waals surface area contributed by atoms with Gasteiger partial charge in [0.25, 0.3) is 0 Å². The molecule has 3 aromatic carbocycles. The summed E-state index contributed by atoms with van der Waals surface area (Å²) >= 11 is 0. The molecule has 3 atom stereocenters. The molecule has 0 radical (unpaired) electrons. The lowest BCUT2D eigenvalue weighted by atomic mass is 9.84. The number of unbranched alkanes of at least 4 members (excludes halogenated alkanes) is 2. The van der Waals surface area contributed by atoms with Crippen molar-refractivity contribution >= 4 is 16.9 Å². The minimum atomic E-state index is -2.03. The van der Waals surface area contributed by atoms with Crippen LogP contribution in [0.5, 0.6) is 17.2 Å². The van der Waals surface area contributed by atoms with Gasteiger partial charge in [0.15, 0.2) is 0 Å². The third-order valence-electron chi connectivity index (χ3n) is 9.78. The second-order valence-corrected chi connectivity index (χ2v) is 13.0. The second-order valence-electron chi connectivity index (χ2n) is 13.0. The summed E-state index contributed by atoms with van der Waals surface area (Å²) in [6, 6.07) is 19.9. The number of fused-ring (bicyclic) bond motifs is 4. The van der Waals surface area contributed by atoms with E-state index in [2.05, 4.69) is 15.2 Å². The maximum Gasteiger partial charge on any atom is 0.348 e. The number of benzene rings is 3. The first-order valence-corrected chi connectivity index (χ1v) is 17.0. The summed E-state index contributed by atoms with van der Waals surface area (Å²) in [7, 11) is 1.57. The summed E-state index contributed by atoms with van der Waals surface area (Å²) in [5.74, 6) is 0.727. The van der Waals surface area contributed by atoms with Crippen molar-refractivity contribution in [3.63, 3.8) is 0 Å². The minimum Gasteiger partial charge on any atom is -0.506 e. The van der Waals surface area contributed by atoms with Gasteiger partial charge < -0.3 is 39.8 Å². The number of aromatic amines is 1. The average Bonchev–Trinajstić information content (AvgIpc) is 3.13. The van der Waals surface area contributed by atoms with Gasteiger partial charge in [0.05, 0.1) is 25.3 Å². The number of ether oxygens (including phenoxy) is 3. The third-order valence-corrected chi connectivity index (χ3v) is 9.78. The number of phenols is 1. The van der Waals surface area contributed by atoms with Crippen LogP contribution in [-0.2, 0) is 15.1 Å². The maximum atomic E-state index is 13.9. The molecule has 7 rings (SSSR count). The number of aliphatic hydroxyl groups excluding tert-OH is 1. The van der Waals surface area contributed by atoms with Crippen LogP contribution in [0.25, 0.3) is 10.9 Å². The molecule has 1 aromatic heterocycles. The third kappa shape index (κ3) is 7.75. The molecule has 0 aliphatic carbocycles. The topological polar surface area (TPSA) is 154 Å². The first-order valence-electron chi connectivity index (χ1n) is 17.0. The molecule has 11 heteroatoms. The quantitative estimate of drug-likeness (QED) is 0.0927. The van der Waals surface area contributed by atoms with Crippen LogP contribution in [0.15, 0.2) is 77.6 Å². The van der Waals surface area contributed by atoms with Crippen LogP contribution in [0.2, 0.25) is 0 Å². The van der Waals surface area contributed by atoms with Gasteiger partial charge in [0.2, 0.25) is 11.2 Å². The van der Waals surface area contributed by atoms with Gasteiger partial charge in [-0.2, -0.15) is 0 Å². The Balaban J connectivity index is 1.01. The Morgan fingerprint density at radius 1 is 1.00 bits per heavy atom. The SMILES string of the molecule is COc1ccc(C(O)(C(=O)O[C@H]2CN3CCC2CC3)c2cccc(OCCCCCNC[C@H](O)c3ccc(O)c4[nH]c(=O)ccc34)c2)cc1. The zero-order valence-electron chi connectivity index (χ0n) is 27.8. The Hall–Kier alpha value is -4.42. The zero-order valence-corrected chi connectivity index (χ0v) is 27.8. The number of nitrogens with one attached hydrogen (secondary N) is 2. The number of pyridine rings is 1. The second kappa shape index (κ2) is 15.4. The van der Waals surface area contributed by atoms with Crippen LogP contribution in [-0.4, -0.2) is 83.7 Å².